The van der Waals surface area contributed by atoms with Crippen molar-refractivity contribution in [2.75, 3.05) is 29.9 Å². The van der Waals surface area contributed by atoms with Gasteiger partial charge in [-0.2, -0.15) is 0 Å². The predicted molar refractivity (Wildman–Crippen MR) is 78.2 cm³/mol. The highest BCUT2D eigenvalue weighted by Gasteiger charge is 2.21. The van der Waals surface area contributed by atoms with Gasteiger partial charge in [-0.1, -0.05) is 13.8 Å². The lowest BCUT2D eigenvalue weighted by molar-refractivity contribution is 0.311. The molecule has 1 aromatic rings. The minimum atomic E-state index is 0.818. The maximum absolute atomic E-state index is 4.33. The second-order valence-electron chi connectivity index (χ2n) is 5.53. The summed E-state index contributed by atoms with van der Waals surface area (Å²) in [5.74, 6) is 1.71. The number of hydrogen-bond donors (Lipinski definition) is 1. The van der Waals surface area contributed by atoms with Gasteiger partial charge in [0.15, 0.2) is 0 Å². The van der Waals surface area contributed by atoms with Crippen LogP contribution < -0.4 is 10.2 Å². The molecule has 2 rings (SSSR count). The number of nitrogens with zero attached hydrogens (tertiary/aromatic N) is 2. The van der Waals surface area contributed by atoms with Gasteiger partial charge in [0.25, 0.3) is 0 Å². The van der Waals surface area contributed by atoms with Gasteiger partial charge in [-0.3, -0.25) is 4.98 Å². The summed E-state index contributed by atoms with van der Waals surface area (Å²) in [7, 11) is 0. The molecule has 0 aliphatic carbocycles. The first-order valence-electron chi connectivity index (χ1n) is 7.14. The Balaban J connectivity index is 1.98. The summed E-state index contributed by atoms with van der Waals surface area (Å²) in [6, 6.07) is 2.21. The molecule has 2 heterocycles. The van der Waals surface area contributed by atoms with Gasteiger partial charge < -0.3 is 10.2 Å². The van der Waals surface area contributed by atoms with Crippen LogP contribution in [0.2, 0.25) is 0 Å². The van der Waals surface area contributed by atoms with Crippen LogP contribution in [-0.4, -0.2) is 24.6 Å². The van der Waals surface area contributed by atoms with Crippen LogP contribution in [0.4, 0.5) is 11.4 Å². The SMILES string of the molecule is CCNc1cncc(N2CCC(C(C)C)CC2)c1. The Morgan fingerprint density at radius 2 is 2.06 bits per heavy atom. The molecule has 1 aromatic heterocycles. The molecule has 0 bridgehead atoms. The van der Waals surface area contributed by atoms with Crippen LogP contribution in [0.5, 0.6) is 0 Å². The largest absolute Gasteiger partial charge is 0.384 e. The van der Waals surface area contributed by atoms with E-state index >= 15 is 0 Å². The van der Waals surface area contributed by atoms with Gasteiger partial charge in [0.2, 0.25) is 0 Å². The summed E-state index contributed by atoms with van der Waals surface area (Å²) in [5, 5.41) is 3.32. The van der Waals surface area contributed by atoms with E-state index in [-0.39, 0.29) is 0 Å². The number of piperidine rings is 1. The zero-order valence-electron chi connectivity index (χ0n) is 11.8. The van der Waals surface area contributed by atoms with Crippen molar-refractivity contribution in [2.24, 2.45) is 11.8 Å². The highest BCUT2D eigenvalue weighted by Crippen LogP contribution is 2.28. The molecule has 0 aromatic carbocycles. The monoisotopic (exact) mass is 247 g/mol. The molecule has 1 saturated heterocycles. The number of nitrogens with one attached hydrogen (secondary N) is 1. The van der Waals surface area contributed by atoms with E-state index in [1.807, 2.05) is 12.4 Å². The Bertz CT molecular complexity index is 368. The molecular weight excluding hydrogens is 222 g/mol. The third-order valence-corrected chi connectivity index (χ3v) is 3.95. The van der Waals surface area contributed by atoms with Gasteiger partial charge in [-0.15, -0.1) is 0 Å². The summed E-state index contributed by atoms with van der Waals surface area (Å²) in [6.07, 6.45) is 6.50. The highest BCUT2D eigenvalue weighted by molar-refractivity contribution is 5.55. The van der Waals surface area contributed by atoms with Gasteiger partial charge in [-0.25, -0.2) is 0 Å². The van der Waals surface area contributed by atoms with Gasteiger partial charge in [0, 0.05) is 19.6 Å². The summed E-state index contributed by atoms with van der Waals surface area (Å²) in [5.41, 5.74) is 2.39. The van der Waals surface area contributed by atoms with E-state index in [1.54, 1.807) is 0 Å². The first kappa shape index (κ1) is 13.2. The Hall–Kier alpha value is -1.25. The normalized spacial score (nSPS) is 17.2. The Kier molecular flexibility index (Phi) is 4.45. The van der Waals surface area contributed by atoms with Gasteiger partial charge in [0.05, 0.1) is 23.8 Å². The number of anilines is 2. The van der Waals surface area contributed by atoms with Crippen molar-refractivity contribution in [2.45, 2.75) is 33.6 Å². The maximum atomic E-state index is 4.33. The van der Waals surface area contributed by atoms with E-state index in [2.05, 4.69) is 42.0 Å². The second kappa shape index (κ2) is 6.07. The van der Waals surface area contributed by atoms with Crippen molar-refractivity contribution in [3.63, 3.8) is 0 Å². The number of aromatic nitrogens is 1. The first-order chi connectivity index (χ1) is 8.70. The molecule has 1 fully saturated rings. The van der Waals surface area contributed by atoms with Crippen molar-refractivity contribution in [1.29, 1.82) is 0 Å². The van der Waals surface area contributed by atoms with Crippen molar-refractivity contribution < 1.29 is 0 Å². The van der Waals surface area contributed by atoms with E-state index < -0.39 is 0 Å². The molecule has 0 amide bonds. The van der Waals surface area contributed by atoms with E-state index in [1.165, 1.54) is 31.6 Å². The van der Waals surface area contributed by atoms with E-state index in [0.717, 1.165) is 24.1 Å². The quantitative estimate of drug-likeness (QED) is 0.884. The fraction of sp³-hybridized carbons (Fsp3) is 0.667. The maximum Gasteiger partial charge on any atom is 0.0573 e. The second-order valence-corrected chi connectivity index (χ2v) is 5.53. The van der Waals surface area contributed by atoms with Crippen molar-refractivity contribution in [3.8, 4) is 0 Å². The predicted octanol–water partition coefficient (Wildman–Crippen LogP) is 3.39. The van der Waals surface area contributed by atoms with Gasteiger partial charge in [0.1, 0.15) is 0 Å². The van der Waals surface area contributed by atoms with E-state index in [9.17, 15) is 0 Å². The van der Waals surface area contributed by atoms with Gasteiger partial charge >= 0.3 is 0 Å². The molecule has 3 nitrogen and oxygen atoms in total. The van der Waals surface area contributed by atoms with Crippen LogP contribution in [0.1, 0.15) is 33.6 Å². The van der Waals surface area contributed by atoms with E-state index in [4.69, 9.17) is 0 Å². The number of pyridine rings is 1. The van der Waals surface area contributed by atoms with Gasteiger partial charge in [-0.05, 0) is 37.7 Å². The lowest BCUT2D eigenvalue weighted by Crippen LogP contribution is -2.35. The fourth-order valence-electron chi connectivity index (χ4n) is 2.73. The number of hydrogen-bond acceptors (Lipinski definition) is 3. The molecule has 100 valence electrons. The van der Waals surface area contributed by atoms with Crippen LogP contribution >= 0.6 is 0 Å². The Morgan fingerprint density at radius 1 is 1.33 bits per heavy atom. The molecule has 18 heavy (non-hydrogen) atoms. The molecule has 3 heteroatoms. The van der Waals surface area contributed by atoms with E-state index in [0.29, 0.717) is 0 Å². The van der Waals surface area contributed by atoms with Crippen molar-refractivity contribution in [3.05, 3.63) is 18.5 Å². The third kappa shape index (κ3) is 3.15. The molecule has 0 spiro atoms. The average molecular weight is 247 g/mol. The minimum Gasteiger partial charge on any atom is -0.384 e. The highest BCUT2D eigenvalue weighted by atomic mass is 15.1. The summed E-state index contributed by atoms with van der Waals surface area (Å²) < 4.78 is 0. The van der Waals surface area contributed by atoms with Crippen molar-refractivity contribution in [1.82, 2.24) is 4.98 Å². The van der Waals surface area contributed by atoms with Crippen LogP contribution in [0, 0.1) is 11.8 Å². The molecule has 0 unspecified atom stereocenters. The summed E-state index contributed by atoms with van der Waals surface area (Å²) in [4.78, 5) is 6.79. The smallest absolute Gasteiger partial charge is 0.0573 e. The third-order valence-electron chi connectivity index (χ3n) is 3.95. The van der Waals surface area contributed by atoms with Crippen molar-refractivity contribution >= 4 is 11.4 Å². The summed E-state index contributed by atoms with van der Waals surface area (Å²) >= 11 is 0. The topological polar surface area (TPSA) is 28.2 Å². The molecule has 1 aliphatic heterocycles. The van der Waals surface area contributed by atoms with Crippen LogP contribution in [0.3, 0.4) is 0 Å². The first-order valence-corrected chi connectivity index (χ1v) is 7.14. The summed E-state index contributed by atoms with van der Waals surface area (Å²) in [6.45, 7) is 10.1. The standard InChI is InChI=1S/C15H25N3/c1-4-17-14-9-15(11-16-10-14)18-7-5-13(6-8-18)12(2)3/h9-13,17H,4-8H2,1-3H3. The minimum absolute atomic E-state index is 0.818. The molecule has 1 aliphatic rings. The lowest BCUT2D eigenvalue weighted by Gasteiger charge is -2.35. The molecule has 0 radical (unpaired) electrons. The molecule has 0 saturated carbocycles. The Morgan fingerprint density at radius 3 is 2.67 bits per heavy atom. The zero-order valence-corrected chi connectivity index (χ0v) is 11.8. The molecular formula is C15H25N3. The fourth-order valence-corrected chi connectivity index (χ4v) is 2.73. The molecule has 1 N–H and O–H groups in total. The Labute approximate surface area is 111 Å². The van der Waals surface area contributed by atoms with Crippen LogP contribution in [0.25, 0.3) is 0 Å². The molecule has 0 atom stereocenters. The number of rotatable bonds is 4. The average Bonchev–Trinajstić information content (AvgIpc) is 2.39. The van der Waals surface area contributed by atoms with Crippen LogP contribution in [0.15, 0.2) is 18.5 Å². The van der Waals surface area contributed by atoms with Crippen LogP contribution in [-0.2, 0) is 0 Å². The zero-order chi connectivity index (χ0) is 13.0. The lowest BCUT2D eigenvalue weighted by atomic mass is 9.86.